The molecule has 7 heteroatoms. The minimum absolute atomic E-state index is 0.491. The molecule has 0 aliphatic carbocycles. The average Bonchev–Trinajstić information content (AvgIpc) is 2.95. The SMILES string of the molecule is COc1cccc(CN2CCOCCOc3ccc(-c4cncnc4)cc3Cc3cccc(c3)C2)c1OC. The Hall–Kier alpha value is -3.94. The van der Waals surface area contributed by atoms with E-state index in [1.165, 1.54) is 11.1 Å². The Bertz CT molecular complexity index is 1350. The average molecular weight is 512 g/mol. The lowest BCUT2D eigenvalue weighted by atomic mass is 9.98. The van der Waals surface area contributed by atoms with Crippen molar-refractivity contribution in [3.8, 4) is 28.4 Å². The summed E-state index contributed by atoms with van der Waals surface area (Å²) < 4.78 is 23.3. The smallest absolute Gasteiger partial charge is 0.165 e. The van der Waals surface area contributed by atoms with Crippen molar-refractivity contribution >= 4 is 0 Å². The molecule has 1 aliphatic rings. The molecule has 0 saturated carbocycles. The molecule has 0 radical (unpaired) electrons. The number of fused-ring (bicyclic) bond motifs is 3. The van der Waals surface area contributed by atoms with Crippen LogP contribution in [0, 0.1) is 0 Å². The molecule has 2 heterocycles. The lowest BCUT2D eigenvalue weighted by Gasteiger charge is -2.25. The van der Waals surface area contributed by atoms with Crippen LogP contribution in [0.3, 0.4) is 0 Å². The summed E-state index contributed by atoms with van der Waals surface area (Å²) in [5, 5.41) is 0. The first kappa shape index (κ1) is 25.7. The summed E-state index contributed by atoms with van der Waals surface area (Å²) in [4.78, 5) is 10.7. The van der Waals surface area contributed by atoms with E-state index in [2.05, 4.69) is 57.3 Å². The highest BCUT2D eigenvalue weighted by atomic mass is 16.5. The standard InChI is InChI=1S/C31H33N3O4/c1-35-30-8-4-7-26(31(30)36-2)21-34-11-12-37-13-14-38-29-10-9-25(28-18-32-22-33-19-28)17-27(29)16-23-5-3-6-24(15-23)20-34/h3-10,15,17-19,22H,11-14,16,20-21H2,1-2H3. The van der Waals surface area contributed by atoms with Crippen LogP contribution < -0.4 is 14.2 Å². The Balaban J connectivity index is 1.42. The number of methoxy groups -OCH3 is 2. The molecular formula is C31H33N3O4. The Morgan fingerprint density at radius 1 is 0.842 bits per heavy atom. The minimum Gasteiger partial charge on any atom is -0.493 e. The molecule has 5 rings (SSSR count). The summed E-state index contributed by atoms with van der Waals surface area (Å²) in [6.07, 6.45) is 5.97. The predicted octanol–water partition coefficient (Wildman–Crippen LogP) is 5.16. The van der Waals surface area contributed by atoms with Crippen LogP contribution in [-0.2, 0) is 24.2 Å². The van der Waals surface area contributed by atoms with Gasteiger partial charge in [0.05, 0.1) is 27.4 Å². The van der Waals surface area contributed by atoms with Crippen LogP contribution in [-0.4, -0.2) is 55.5 Å². The van der Waals surface area contributed by atoms with E-state index in [-0.39, 0.29) is 0 Å². The number of hydrogen-bond donors (Lipinski definition) is 0. The lowest BCUT2D eigenvalue weighted by Crippen LogP contribution is -2.28. The maximum Gasteiger partial charge on any atom is 0.165 e. The third-order valence-corrected chi connectivity index (χ3v) is 6.66. The number of nitrogens with zero attached hydrogens (tertiary/aromatic N) is 3. The van der Waals surface area contributed by atoms with Crippen molar-refractivity contribution in [2.75, 3.05) is 40.6 Å². The summed E-state index contributed by atoms with van der Waals surface area (Å²) in [6, 6.07) is 21.1. The Kier molecular flexibility index (Phi) is 8.48. The molecule has 0 spiro atoms. The van der Waals surface area contributed by atoms with Crippen molar-refractivity contribution in [2.45, 2.75) is 19.5 Å². The highest BCUT2D eigenvalue weighted by Gasteiger charge is 2.16. The number of aromatic nitrogens is 2. The quantitative estimate of drug-likeness (QED) is 0.367. The zero-order valence-corrected chi connectivity index (χ0v) is 21.9. The topological polar surface area (TPSA) is 65.9 Å². The fourth-order valence-corrected chi connectivity index (χ4v) is 4.84. The normalized spacial score (nSPS) is 14.6. The molecule has 0 unspecified atom stereocenters. The van der Waals surface area contributed by atoms with Crippen molar-refractivity contribution in [3.05, 3.63) is 102 Å². The summed E-state index contributed by atoms with van der Waals surface area (Å²) in [5.41, 5.74) is 6.74. The van der Waals surface area contributed by atoms with Gasteiger partial charge in [-0.3, -0.25) is 4.90 Å². The van der Waals surface area contributed by atoms with Gasteiger partial charge in [-0.2, -0.15) is 0 Å². The molecule has 38 heavy (non-hydrogen) atoms. The minimum atomic E-state index is 0.491. The van der Waals surface area contributed by atoms with Gasteiger partial charge in [-0.15, -0.1) is 0 Å². The van der Waals surface area contributed by atoms with Crippen molar-refractivity contribution in [1.82, 2.24) is 14.9 Å². The van der Waals surface area contributed by atoms with Crippen LogP contribution in [0.5, 0.6) is 17.2 Å². The van der Waals surface area contributed by atoms with Crippen LogP contribution in [0.1, 0.15) is 22.3 Å². The monoisotopic (exact) mass is 511 g/mol. The fraction of sp³-hybridized carbons (Fsp3) is 0.290. The van der Waals surface area contributed by atoms with Crippen LogP contribution in [0.4, 0.5) is 0 Å². The molecule has 2 bridgehead atoms. The molecule has 0 atom stereocenters. The fourth-order valence-electron chi connectivity index (χ4n) is 4.84. The van der Waals surface area contributed by atoms with E-state index in [0.29, 0.717) is 19.8 Å². The highest BCUT2D eigenvalue weighted by Crippen LogP contribution is 2.32. The van der Waals surface area contributed by atoms with Gasteiger partial charge in [0.25, 0.3) is 0 Å². The number of rotatable bonds is 5. The number of hydrogen-bond acceptors (Lipinski definition) is 7. The molecule has 3 aromatic carbocycles. The van der Waals surface area contributed by atoms with E-state index in [1.807, 2.05) is 30.6 Å². The van der Waals surface area contributed by atoms with E-state index in [4.69, 9.17) is 18.9 Å². The third kappa shape index (κ3) is 6.30. The Labute approximate surface area is 224 Å². The zero-order chi connectivity index (χ0) is 26.2. The van der Waals surface area contributed by atoms with Crippen LogP contribution in [0.15, 0.2) is 79.4 Å². The van der Waals surface area contributed by atoms with E-state index >= 15 is 0 Å². The van der Waals surface area contributed by atoms with Gasteiger partial charge in [0.2, 0.25) is 0 Å². The molecule has 7 nitrogen and oxygen atoms in total. The summed E-state index contributed by atoms with van der Waals surface area (Å²) in [6.45, 7) is 3.91. The van der Waals surface area contributed by atoms with E-state index in [0.717, 1.165) is 65.6 Å². The number of para-hydroxylation sites is 1. The summed E-state index contributed by atoms with van der Waals surface area (Å²) in [7, 11) is 3.35. The molecule has 0 amide bonds. The van der Waals surface area contributed by atoms with Crippen LogP contribution in [0.2, 0.25) is 0 Å². The van der Waals surface area contributed by atoms with Crippen LogP contribution >= 0.6 is 0 Å². The molecule has 0 N–H and O–H groups in total. The zero-order valence-electron chi connectivity index (χ0n) is 21.9. The number of ether oxygens (including phenoxy) is 4. The Morgan fingerprint density at radius 3 is 2.53 bits per heavy atom. The molecule has 1 aliphatic heterocycles. The first-order chi connectivity index (χ1) is 18.7. The summed E-state index contributed by atoms with van der Waals surface area (Å²) >= 11 is 0. The van der Waals surface area contributed by atoms with E-state index < -0.39 is 0 Å². The molecule has 1 aromatic heterocycles. The van der Waals surface area contributed by atoms with Crippen molar-refractivity contribution in [1.29, 1.82) is 0 Å². The maximum atomic E-state index is 6.17. The van der Waals surface area contributed by atoms with Gasteiger partial charge in [-0.1, -0.05) is 42.5 Å². The molecule has 4 aromatic rings. The molecule has 0 fully saturated rings. The second-order valence-corrected chi connectivity index (χ2v) is 9.27. The predicted molar refractivity (Wildman–Crippen MR) is 147 cm³/mol. The maximum absolute atomic E-state index is 6.17. The first-order valence-electron chi connectivity index (χ1n) is 12.8. The molecular weight excluding hydrogens is 478 g/mol. The number of benzene rings is 3. The van der Waals surface area contributed by atoms with Gasteiger partial charge >= 0.3 is 0 Å². The summed E-state index contributed by atoms with van der Waals surface area (Å²) in [5.74, 6) is 2.39. The second-order valence-electron chi connectivity index (χ2n) is 9.27. The Morgan fingerprint density at radius 2 is 1.68 bits per heavy atom. The van der Waals surface area contributed by atoms with Gasteiger partial charge in [-0.25, -0.2) is 9.97 Å². The van der Waals surface area contributed by atoms with Gasteiger partial charge in [0.1, 0.15) is 18.7 Å². The largest absolute Gasteiger partial charge is 0.493 e. The van der Waals surface area contributed by atoms with Gasteiger partial charge < -0.3 is 18.9 Å². The first-order valence-corrected chi connectivity index (χ1v) is 12.8. The highest BCUT2D eigenvalue weighted by molar-refractivity contribution is 5.64. The van der Waals surface area contributed by atoms with Crippen molar-refractivity contribution < 1.29 is 18.9 Å². The van der Waals surface area contributed by atoms with E-state index in [1.54, 1.807) is 20.5 Å². The molecule has 196 valence electrons. The van der Waals surface area contributed by atoms with Gasteiger partial charge in [0, 0.05) is 49.6 Å². The van der Waals surface area contributed by atoms with Gasteiger partial charge in [0.15, 0.2) is 11.5 Å². The van der Waals surface area contributed by atoms with Gasteiger partial charge in [-0.05, 0) is 40.5 Å². The third-order valence-electron chi connectivity index (χ3n) is 6.66. The molecule has 0 saturated heterocycles. The van der Waals surface area contributed by atoms with Crippen molar-refractivity contribution in [3.63, 3.8) is 0 Å². The van der Waals surface area contributed by atoms with E-state index in [9.17, 15) is 0 Å². The van der Waals surface area contributed by atoms with Crippen LogP contribution in [0.25, 0.3) is 11.1 Å². The van der Waals surface area contributed by atoms with Crippen molar-refractivity contribution in [2.24, 2.45) is 0 Å². The second kappa shape index (κ2) is 12.5. The lowest BCUT2D eigenvalue weighted by molar-refractivity contribution is 0.0755.